The maximum absolute atomic E-state index is 12.0. The highest BCUT2D eigenvalue weighted by atomic mass is 16.2. The predicted molar refractivity (Wildman–Crippen MR) is 77.6 cm³/mol. The van der Waals surface area contributed by atoms with E-state index in [0.29, 0.717) is 17.8 Å². The van der Waals surface area contributed by atoms with E-state index in [0.717, 1.165) is 0 Å². The third-order valence-electron chi connectivity index (χ3n) is 2.60. The van der Waals surface area contributed by atoms with Gasteiger partial charge in [0.15, 0.2) is 5.78 Å². The van der Waals surface area contributed by atoms with E-state index in [9.17, 15) is 9.59 Å². The molecule has 0 aliphatic carbocycles. The second kappa shape index (κ2) is 5.87. The van der Waals surface area contributed by atoms with E-state index in [1.807, 2.05) is 0 Å². The number of urea groups is 1. The minimum atomic E-state index is -0.148. The molecule has 19 heavy (non-hydrogen) atoms. The highest BCUT2D eigenvalue weighted by molar-refractivity contribution is 5.95. The van der Waals surface area contributed by atoms with Crippen molar-refractivity contribution in [3.8, 4) is 0 Å². The van der Waals surface area contributed by atoms with Crippen molar-refractivity contribution >= 4 is 17.5 Å². The molecule has 1 aromatic rings. The number of nitrogens with one attached hydrogen (secondary N) is 1. The molecule has 0 aliphatic rings. The van der Waals surface area contributed by atoms with Crippen LogP contribution in [0.4, 0.5) is 10.5 Å². The Balaban J connectivity index is 2.64. The third-order valence-corrected chi connectivity index (χ3v) is 2.60. The van der Waals surface area contributed by atoms with Gasteiger partial charge in [0.05, 0.1) is 0 Å². The zero-order chi connectivity index (χ0) is 14.6. The molecule has 104 valence electrons. The summed E-state index contributed by atoms with van der Waals surface area (Å²) in [5.41, 5.74) is 1.39. The normalized spacial score (nSPS) is 11.0. The lowest BCUT2D eigenvalue weighted by molar-refractivity contribution is 0.101. The summed E-state index contributed by atoms with van der Waals surface area (Å²) < 4.78 is 0. The minimum absolute atomic E-state index is 0.0164. The topological polar surface area (TPSA) is 49.4 Å². The Labute approximate surface area is 114 Å². The van der Waals surface area contributed by atoms with Gasteiger partial charge < -0.3 is 10.2 Å². The molecule has 0 saturated heterocycles. The number of ketones is 1. The van der Waals surface area contributed by atoms with Crippen LogP contribution in [0.15, 0.2) is 24.3 Å². The molecule has 0 spiro atoms. The Bertz CT molecular complexity index is 458. The van der Waals surface area contributed by atoms with Gasteiger partial charge in [-0.25, -0.2) is 4.79 Å². The molecule has 0 aliphatic heterocycles. The van der Waals surface area contributed by atoms with Crippen LogP contribution >= 0.6 is 0 Å². The summed E-state index contributed by atoms with van der Waals surface area (Å²) in [5, 5.41) is 2.81. The van der Waals surface area contributed by atoms with E-state index in [4.69, 9.17) is 0 Å². The van der Waals surface area contributed by atoms with Gasteiger partial charge in [0.2, 0.25) is 0 Å². The smallest absolute Gasteiger partial charge is 0.321 e. The van der Waals surface area contributed by atoms with E-state index in [1.54, 1.807) is 36.2 Å². The fourth-order valence-electron chi connectivity index (χ4n) is 1.79. The molecule has 0 bridgehead atoms. The Morgan fingerprint density at radius 1 is 1.16 bits per heavy atom. The summed E-state index contributed by atoms with van der Waals surface area (Å²) in [6.45, 7) is 8.43. The van der Waals surface area contributed by atoms with Gasteiger partial charge in [-0.3, -0.25) is 4.79 Å². The van der Waals surface area contributed by atoms with Crippen LogP contribution in [-0.4, -0.2) is 30.3 Å². The second-order valence-corrected chi connectivity index (χ2v) is 5.98. The van der Waals surface area contributed by atoms with Gasteiger partial charge >= 0.3 is 6.03 Å². The first kappa shape index (κ1) is 15.2. The lowest BCUT2D eigenvalue weighted by atomic mass is 9.96. The first-order valence-electron chi connectivity index (χ1n) is 6.32. The Morgan fingerprint density at radius 2 is 1.68 bits per heavy atom. The van der Waals surface area contributed by atoms with E-state index >= 15 is 0 Å². The van der Waals surface area contributed by atoms with Crippen molar-refractivity contribution in [2.45, 2.75) is 27.7 Å². The average molecular weight is 262 g/mol. The van der Waals surface area contributed by atoms with Crippen LogP contribution in [0.2, 0.25) is 0 Å². The largest absolute Gasteiger partial charge is 0.327 e. The summed E-state index contributed by atoms with van der Waals surface area (Å²) in [4.78, 5) is 24.8. The number of rotatable bonds is 3. The average Bonchev–Trinajstić information content (AvgIpc) is 2.27. The van der Waals surface area contributed by atoms with Crippen LogP contribution in [0.1, 0.15) is 38.1 Å². The molecule has 0 radical (unpaired) electrons. The maximum atomic E-state index is 12.0. The number of hydrogen-bond acceptors (Lipinski definition) is 2. The molecule has 2 amide bonds. The third kappa shape index (κ3) is 5.12. The molecule has 4 heteroatoms. The zero-order valence-corrected chi connectivity index (χ0v) is 12.3. The van der Waals surface area contributed by atoms with Crippen LogP contribution in [0.5, 0.6) is 0 Å². The quantitative estimate of drug-likeness (QED) is 0.849. The molecule has 1 N–H and O–H groups in total. The monoisotopic (exact) mass is 262 g/mol. The molecule has 0 fully saturated rings. The lowest BCUT2D eigenvalue weighted by Gasteiger charge is -2.26. The van der Waals surface area contributed by atoms with Crippen molar-refractivity contribution in [1.82, 2.24) is 4.90 Å². The molecule has 1 rings (SSSR count). The maximum Gasteiger partial charge on any atom is 0.321 e. The van der Waals surface area contributed by atoms with Crippen LogP contribution in [0.3, 0.4) is 0 Å². The fraction of sp³-hybridized carbons (Fsp3) is 0.467. The van der Waals surface area contributed by atoms with Gasteiger partial charge in [0.25, 0.3) is 0 Å². The minimum Gasteiger partial charge on any atom is -0.327 e. The Hall–Kier alpha value is -1.84. The van der Waals surface area contributed by atoms with Gasteiger partial charge in [-0.15, -0.1) is 0 Å². The number of carbonyl (C=O) groups excluding carboxylic acids is 2. The van der Waals surface area contributed by atoms with Gasteiger partial charge in [0, 0.05) is 24.8 Å². The van der Waals surface area contributed by atoms with Crippen molar-refractivity contribution in [3.63, 3.8) is 0 Å². The highest BCUT2D eigenvalue weighted by Gasteiger charge is 2.17. The molecule has 0 unspecified atom stereocenters. The number of nitrogens with zero attached hydrogens (tertiary/aromatic N) is 1. The first-order chi connectivity index (χ1) is 8.69. The van der Waals surface area contributed by atoms with Crippen molar-refractivity contribution in [1.29, 1.82) is 0 Å². The SMILES string of the molecule is CC(=O)c1ccc(NC(=O)N(C)CC(C)(C)C)cc1. The number of carbonyl (C=O) groups is 2. The van der Waals surface area contributed by atoms with Crippen molar-refractivity contribution < 1.29 is 9.59 Å². The summed E-state index contributed by atoms with van der Waals surface area (Å²) in [6.07, 6.45) is 0. The van der Waals surface area contributed by atoms with Crippen LogP contribution in [0.25, 0.3) is 0 Å². The second-order valence-electron chi connectivity index (χ2n) is 5.98. The summed E-state index contributed by atoms with van der Waals surface area (Å²) in [5.74, 6) is 0.0164. The molecule has 0 saturated carbocycles. The van der Waals surface area contributed by atoms with E-state index in [1.165, 1.54) is 6.92 Å². The fourth-order valence-corrected chi connectivity index (χ4v) is 1.79. The van der Waals surface area contributed by atoms with Crippen LogP contribution in [0, 0.1) is 5.41 Å². The molecule has 1 aromatic carbocycles. The van der Waals surface area contributed by atoms with Crippen molar-refractivity contribution in [3.05, 3.63) is 29.8 Å². The molecular formula is C15H22N2O2. The molecular weight excluding hydrogens is 240 g/mol. The van der Waals surface area contributed by atoms with Crippen molar-refractivity contribution in [2.24, 2.45) is 5.41 Å². The molecule has 0 aromatic heterocycles. The number of amides is 2. The first-order valence-corrected chi connectivity index (χ1v) is 6.32. The molecule has 0 heterocycles. The number of benzene rings is 1. The summed E-state index contributed by atoms with van der Waals surface area (Å²) in [7, 11) is 1.77. The van der Waals surface area contributed by atoms with Crippen molar-refractivity contribution in [2.75, 3.05) is 18.9 Å². The highest BCUT2D eigenvalue weighted by Crippen LogP contribution is 2.15. The van der Waals surface area contributed by atoms with Crippen LogP contribution < -0.4 is 5.32 Å². The van der Waals surface area contributed by atoms with E-state index in [-0.39, 0.29) is 17.2 Å². The van der Waals surface area contributed by atoms with E-state index in [2.05, 4.69) is 26.1 Å². The summed E-state index contributed by atoms with van der Waals surface area (Å²) >= 11 is 0. The van der Waals surface area contributed by atoms with Gasteiger partial charge in [-0.2, -0.15) is 0 Å². The van der Waals surface area contributed by atoms with Gasteiger partial charge in [-0.05, 0) is 36.6 Å². The van der Waals surface area contributed by atoms with E-state index < -0.39 is 0 Å². The standard InChI is InChI=1S/C15H22N2O2/c1-11(18)12-6-8-13(9-7-12)16-14(19)17(5)10-15(2,3)4/h6-9H,10H2,1-5H3,(H,16,19). The lowest BCUT2D eigenvalue weighted by Crippen LogP contribution is -2.37. The zero-order valence-electron chi connectivity index (χ0n) is 12.3. The Morgan fingerprint density at radius 3 is 2.11 bits per heavy atom. The van der Waals surface area contributed by atoms with Crippen LogP contribution in [-0.2, 0) is 0 Å². The summed E-state index contributed by atoms with van der Waals surface area (Å²) in [6, 6.07) is 6.74. The molecule has 0 atom stereocenters. The molecule has 4 nitrogen and oxygen atoms in total. The number of Topliss-reactive ketones (excluding diaryl/α,β-unsaturated/α-hetero) is 1. The Kier molecular flexibility index (Phi) is 4.70. The van der Waals surface area contributed by atoms with Gasteiger partial charge in [0.1, 0.15) is 0 Å². The predicted octanol–water partition coefficient (Wildman–Crippen LogP) is 3.40. The van der Waals surface area contributed by atoms with Gasteiger partial charge in [-0.1, -0.05) is 20.8 Å². The number of hydrogen-bond donors (Lipinski definition) is 1. The number of anilines is 1.